The summed E-state index contributed by atoms with van der Waals surface area (Å²) >= 11 is 0. The monoisotopic (exact) mass is 402 g/mol. The molecule has 154 valence electrons. The number of carbonyl (C=O) groups excluding carboxylic acids is 2. The first-order valence-corrected chi connectivity index (χ1v) is 10.2. The average molecular weight is 402 g/mol. The van der Waals surface area contributed by atoms with Crippen LogP contribution in [0.3, 0.4) is 0 Å². The van der Waals surface area contributed by atoms with Crippen molar-refractivity contribution in [2.45, 2.75) is 39.3 Å². The van der Waals surface area contributed by atoms with Gasteiger partial charge in [-0.3, -0.25) is 14.3 Å². The van der Waals surface area contributed by atoms with Crippen LogP contribution in [-0.4, -0.2) is 27.6 Å². The average Bonchev–Trinajstić information content (AvgIpc) is 3.06. The lowest BCUT2D eigenvalue weighted by Gasteiger charge is -2.43. The zero-order valence-electron chi connectivity index (χ0n) is 17.7. The third-order valence-electron chi connectivity index (χ3n) is 5.69. The minimum absolute atomic E-state index is 0.0183. The second-order valence-corrected chi connectivity index (χ2v) is 7.85. The second-order valence-electron chi connectivity index (χ2n) is 7.85. The van der Waals surface area contributed by atoms with Gasteiger partial charge in [0.2, 0.25) is 5.91 Å². The van der Waals surface area contributed by atoms with Gasteiger partial charge >= 0.3 is 0 Å². The van der Waals surface area contributed by atoms with Gasteiger partial charge in [0.25, 0.3) is 5.91 Å². The quantitative estimate of drug-likeness (QED) is 0.658. The van der Waals surface area contributed by atoms with Gasteiger partial charge in [-0.15, -0.1) is 0 Å². The molecule has 0 radical (unpaired) electrons. The molecular formula is C24H26N4O2. The molecule has 0 fully saturated rings. The smallest absolute Gasteiger partial charge is 0.276 e. The highest BCUT2D eigenvalue weighted by Crippen LogP contribution is 2.42. The summed E-state index contributed by atoms with van der Waals surface area (Å²) in [5, 5.41) is 4.33. The van der Waals surface area contributed by atoms with Crippen LogP contribution in [0, 0.1) is 6.92 Å². The van der Waals surface area contributed by atoms with Gasteiger partial charge in [-0.2, -0.15) is 5.10 Å². The second kappa shape index (κ2) is 7.78. The Bertz CT molecular complexity index is 1090. The number of aryl methyl sites for hydroxylation is 2. The molecular weight excluding hydrogens is 376 g/mol. The molecule has 2 heterocycles. The SMILES string of the molecule is CC(=O)N(c1ccccc1)C1CC(C)N(C(=O)c2cc(C)nn2C)c2ccccc21. The molecule has 2 aromatic carbocycles. The Hall–Kier alpha value is -3.41. The lowest BCUT2D eigenvalue weighted by atomic mass is 9.89. The molecule has 2 atom stereocenters. The van der Waals surface area contributed by atoms with Crippen LogP contribution in [-0.2, 0) is 11.8 Å². The lowest BCUT2D eigenvalue weighted by Crippen LogP contribution is -2.47. The van der Waals surface area contributed by atoms with E-state index in [1.54, 1.807) is 18.7 Å². The summed E-state index contributed by atoms with van der Waals surface area (Å²) in [6.07, 6.45) is 0.647. The number of amides is 2. The van der Waals surface area contributed by atoms with Gasteiger partial charge in [-0.05, 0) is 50.1 Å². The van der Waals surface area contributed by atoms with E-state index >= 15 is 0 Å². The number of anilines is 2. The van der Waals surface area contributed by atoms with Crippen LogP contribution in [0.5, 0.6) is 0 Å². The summed E-state index contributed by atoms with van der Waals surface area (Å²) in [6, 6.07) is 19.2. The minimum Gasteiger partial charge on any atom is -0.305 e. The van der Waals surface area contributed by atoms with Crippen LogP contribution in [0.25, 0.3) is 0 Å². The Morgan fingerprint density at radius 1 is 1.07 bits per heavy atom. The van der Waals surface area contributed by atoms with Crippen molar-refractivity contribution < 1.29 is 9.59 Å². The van der Waals surface area contributed by atoms with Gasteiger partial charge < -0.3 is 9.80 Å². The zero-order chi connectivity index (χ0) is 21.4. The highest BCUT2D eigenvalue weighted by atomic mass is 16.2. The van der Waals surface area contributed by atoms with Gasteiger partial charge in [-0.25, -0.2) is 0 Å². The van der Waals surface area contributed by atoms with Crippen molar-refractivity contribution in [1.82, 2.24) is 9.78 Å². The Morgan fingerprint density at radius 3 is 2.37 bits per heavy atom. The van der Waals surface area contributed by atoms with E-state index in [4.69, 9.17) is 0 Å². The maximum atomic E-state index is 13.5. The van der Waals surface area contributed by atoms with E-state index < -0.39 is 0 Å². The standard InChI is InChI=1S/C24H26N4O2/c1-16-14-23(26(4)25-16)24(30)27-17(2)15-22(20-12-8-9-13-21(20)27)28(18(3)29)19-10-6-5-7-11-19/h5-14,17,22H,15H2,1-4H3. The van der Waals surface area contributed by atoms with Crippen molar-refractivity contribution in [3.8, 4) is 0 Å². The maximum Gasteiger partial charge on any atom is 0.276 e. The highest BCUT2D eigenvalue weighted by Gasteiger charge is 2.38. The van der Waals surface area contributed by atoms with Crippen LogP contribution in [0.2, 0.25) is 0 Å². The summed E-state index contributed by atoms with van der Waals surface area (Å²) in [5.74, 6) is -0.0965. The molecule has 2 amide bonds. The fraction of sp³-hybridized carbons (Fsp3) is 0.292. The van der Waals surface area contributed by atoms with Crippen LogP contribution < -0.4 is 9.80 Å². The molecule has 0 N–H and O–H groups in total. The van der Waals surface area contributed by atoms with Gasteiger partial charge in [0.05, 0.1) is 11.7 Å². The molecule has 0 spiro atoms. The molecule has 0 bridgehead atoms. The Balaban J connectivity index is 1.80. The molecule has 1 aliphatic heterocycles. The first kappa shape index (κ1) is 19.9. The lowest BCUT2D eigenvalue weighted by molar-refractivity contribution is -0.117. The van der Waals surface area contributed by atoms with E-state index in [9.17, 15) is 9.59 Å². The molecule has 6 heteroatoms. The summed E-state index contributed by atoms with van der Waals surface area (Å²) in [4.78, 5) is 29.8. The molecule has 4 rings (SSSR count). The molecule has 6 nitrogen and oxygen atoms in total. The fourth-order valence-corrected chi connectivity index (χ4v) is 4.44. The summed E-state index contributed by atoms with van der Waals surface area (Å²) in [5.41, 5.74) is 4.04. The predicted octanol–water partition coefficient (Wildman–Crippen LogP) is 4.26. The largest absolute Gasteiger partial charge is 0.305 e. The van der Waals surface area contributed by atoms with Gasteiger partial charge in [0.1, 0.15) is 5.69 Å². The number of hydrogen-bond acceptors (Lipinski definition) is 3. The number of benzene rings is 2. The Labute approximate surface area is 176 Å². The number of hydrogen-bond donors (Lipinski definition) is 0. The van der Waals surface area contributed by atoms with Crippen molar-refractivity contribution in [1.29, 1.82) is 0 Å². The minimum atomic E-state index is -0.145. The van der Waals surface area contributed by atoms with E-state index in [2.05, 4.69) is 5.10 Å². The highest BCUT2D eigenvalue weighted by molar-refractivity contribution is 6.06. The van der Waals surface area contributed by atoms with Gasteiger partial charge in [-0.1, -0.05) is 36.4 Å². The van der Waals surface area contributed by atoms with E-state index in [0.29, 0.717) is 12.1 Å². The number of nitrogens with zero attached hydrogens (tertiary/aromatic N) is 4. The van der Waals surface area contributed by atoms with Gasteiger partial charge in [0.15, 0.2) is 0 Å². The van der Waals surface area contributed by atoms with Crippen molar-refractivity contribution in [2.24, 2.45) is 7.05 Å². The number of para-hydroxylation sites is 2. The first-order valence-electron chi connectivity index (χ1n) is 10.2. The molecule has 0 saturated carbocycles. The Morgan fingerprint density at radius 2 is 1.73 bits per heavy atom. The molecule has 0 aliphatic carbocycles. The maximum absolute atomic E-state index is 13.5. The predicted molar refractivity (Wildman–Crippen MR) is 118 cm³/mol. The molecule has 2 unspecified atom stereocenters. The normalized spacial score (nSPS) is 18.1. The van der Waals surface area contributed by atoms with E-state index in [-0.39, 0.29) is 23.9 Å². The molecule has 1 aliphatic rings. The number of aromatic nitrogens is 2. The Kier molecular flexibility index (Phi) is 5.16. The summed E-state index contributed by atoms with van der Waals surface area (Å²) < 4.78 is 1.63. The molecule has 1 aromatic heterocycles. The summed E-state index contributed by atoms with van der Waals surface area (Å²) in [7, 11) is 1.79. The molecule has 0 saturated heterocycles. The van der Waals surface area contributed by atoms with E-state index in [0.717, 1.165) is 22.6 Å². The van der Waals surface area contributed by atoms with Crippen LogP contribution in [0.4, 0.5) is 11.4 Å². The number of carbonyl (C=O) groups is 2. The van der Waals surface area contributed by atoms with Crippen molar-refractivity contribution in [3.63, 3.8) is 0 Å². The van der Waals surface area contributed by atoms with Crippen molar-refractivity contribution >= 4 is 23.2 Å². The molecule has 3 aromatic rings. The van der Waals surface area contributed by atoms with Crippen LogP contribution in [0.1, 0.15) is 48.1 Å². The number of fused-ring (bicyclic) bond motifs is 1. The van der Waals surface area contributed by atoms with Crippen LogP contribution in [0.15, 0.2) is 60.7 Å². The van der Waals surface area contributed by atoms with Gasteiger partial charge in [0, 0.05) is 31.4 Å². The van der Waals surface area contributed by atoms with Crippen molar-refractivity contribution in [3.05, 3.63) is 77.6 Å². The van der Waals surface area contributed by atoms with Crippen molar-refractivity contribution in [2.75, 3.05) is 9.80 Å². The van der Waals surface area contributed by atoms with E-state index in [1.165, 1.54) is 0 Å². The molecule has 30 heavy (non-hydrogen) atoms. The third-order valence-corrected chi connectivity index (χ3v) is 5.69. The first-order chi connectivity index (χ1) is 14.4. The zero-order valence-corrected chi connectivity index (χ0v) is 17.7. The van der Waals surface area contributed by atoms with E-state index in [1.807, 2.05) is 84.3 Å². The van der Waals surface area contributed by atoms with Crippen LogP contribution >= 0.6 is 0 Å². The third kappa shape index (κ3) is 3.38. The summed E-state index contributed by atoms with van der Waals surface area (Å²) in [6.45, 7) is 5.51. The number of rotatable bonds is 3. The topological polar surface area (TPSA) is 58.4 Å². The fourth-order valence-electron chi connectivity index (χ4n) is 4.44.